The number of hydrogen-bond donors (Lipinski definition) is 4. The largest absolute Gasteiger partial charge is 0.370 e. The van der Waals surface area contributed by atoms with E-state index in [9.17, 15) is 0 Å². The highest BCUT2D eigenvalue weighted by Crippen LogP contribution is 2.04. The van der Waals surface area contributed by atoms with Gasteiger partial charge < -0.3 is 11.5 Å². The lowest BCUT2D eigenvalue weighted by Crippen LogP contribution is -2.45. The van der Waals surface area contributed by atoms with Crippen LogP contribution < -0.4 is 11.5 Å². The fraction of sp³-hybridized carbons (Fsp3) is 0.750. The highest BCUT2D eigenvalue weighted by Gasteiger charge is 2.08. The molecule has 0 aromatic rings. The van der Waals surface area contributed by atoms with E-state index in [1.54, 1.807) is 0 Å². The lowest BCUT2D eigenvalue weighted by Gasteiger charge is -2.20. The standard InChI is InChI=1S/C8H19N5/c1-6(2)4-3-5-13(7(9)10)8(11)12/h6H,3-5H2,1-2H3,(H3,9,10)(H3,11,12). The molecule has 0 saturated carbocycles. The van der Waals surface area contributed by atoms with Gasteiger partial charge in [0.2, 0.25) is 0 Å². The van der Waals surface area contributed by atoms with Gasteiger partial charge in [-0.05, 0) is 18.8 Å². The molecular weight excluding hydrogens is 166 g/mol. The Balaban J connectivity index is 3.84. The quantitative estimate of drug-likeness (QED) is 0.379. The second-order valence-corrected chi connectivity index (χ2v) is 3.46. The van der Waals surface area contributed by atoms with Gasteiger partial charge in [0.15, 0.2) is 11.9 Å². The molecule has 5 heteroatoms. The Hall–Kier alpha value is -1.26. The summed E-state index contributed by atoms with van der Waals surface area (Å²) in [6.45, 7) is 4.82. The van der Waals surface area contributed by atoms with Crippen molar-refractivity contribution in [3.8, 4) is 0 Å². The zero-order valence-corrected chi connectivity index (χ0v) is 8.30. The summed E-state index contributed by atoms with van der Waals surface area (Å²) in [5.74, 6) is 0.313. The predicted molar refractivity (Wildman–Crippen MR) is 54.6 cm³/mol. The summed E-state index contributed by atoms with van der Waals surface area (Å²) >= 11 is 0. The van der Waals surface area contributed by atoms with E-state index in [0.717, 1.165) is 12.8 Å². The van der Waals surface area contributed by atoms with Crippen LogP contribution in [0.2, 0.25) is 0 Å². The molecule has 0 spiro atoms. The summed E-state index contributed by atoms with van der Waals surface area (Å²) in [6, 6.07) is 0. The van der Waals surface area contributed by atoms with Crippen LogP contribution in [0.25, 0.3) is 0 Å². The average molecular weight is 185 g/mol. The normalized spacial score (nSPS) is 10.1. The maximum absolute atomic E-state index is 7.15. The number of nitrogens with two attached hydrogens (primary N) is 2. The molecule has 0 amide bonds. The topological polar surface area (TPSA) is 103 Å². The molecular formula is C8H19N5. The van der Waals surface area contributed by atoms with Crippen LogP contribution in [-0.2, 0) is 0 Å². The van der Waals surface area contributed by atoms with E-state index < -0.39 is 0 Å². The molecule has 0 aliphatic heterocycles. The van der Waals surface area contributed by atoms with Gasteiger partial charge in [0.05, 0.1) is 0 Å². The molecule has 0 unspecified atom stereocenters. The van der Waals surface area contributed by atoms with Crippen molar-refractivity contribution in [3.05, 3.63) is 0 Å². The molecule has 13 heavy (non-hydrogen) atoms. The van der Waals surface area contributed by atoms with Gasteiger partial charge in [-0.25, -0.2) is 0 Å². The van der Waals surface area contributed by atoms with Gasteiger partial charge in [0.25, 0.3) is 0 Å². The number of nitrogens with zero attached hydrogens (tertiary/aromatic N) is 1. The Labute approximate surface area is 79.1 Å². The number of nitrogens with one attached hydrogen (secondary N) is 2. The zero-order valence-electron chi connectivity index (χ0n) is 8.30. The van der Waals surface area contributed by atoms with Gasteiger partial charge in [-0.2, -0.15) is 0 Å². The first-order valence-corrected chi connectivity index (χ1v) is 4.40. The van der Waals surface area contributed by atoms with E-state index in [1.165, 1.54) is 4.90 Å². The first-order chi connectivity index (χ1) is 5.95. The van der Waals surface area contributed by atoms with E-state index >= 15 is 0 Å². The van der Waals surface area contributed by atoms with Crippen molar-refractivity contribution < 1.29 is 0 Å². The van der Waals surface area contributed by atoms with Crippen LogP contribution in [0.3, 0.4) is 0 Å². The molecule has 5 nitrogen and oxygen atoms in total. The number of hydrogen-bond acceptors (Lipinski definition) is 2. The van der Waals surface area contributed by atoms with Gasteiger partial charge in [0.1, 0.15) is 0 Å². The van der Waals surface area contributed by atoms with Crippen molar-refractivity contribution in [1.29, 1.82) is 10.8 Å². The minimum Gasteiger partial charge on any atom is -0.370 e. The molecule has 0 rings (SSSR count). The van der Waals surface area contributed by atoms with Crippen molar-refractivity contribution in [2.75, 3.05) is 6.54 Å². The van der Waals surface area contributed by atoms with E-state index in [1.807, 2.05) is 0 Å². The van der Waals surface area contributed by atoms with Gasteiger partial charge in [-0.3, -0.25) is 15.7 Å². The zero-order chi connectivity index (χ0) is 10.4. The minimum absolute atomic E-state index is 0.156. The first kappa shape index (κ1) is 11.7. The maximum atomic E-state index is 7.15. The molecule has 0 atom stereocenters. The van der Waals surface area contributed by atoms with Crippen LogP contribution in [0, 0.1) is 16.7 Å². The van der Waals surface area contributed by atoms with E-state index in [2.05, 4.69) is 13.8 Å². The summed E-state index contributed by atoms with van der Waals surface area (Å²) in [6.07, 6.45) is 1.95. The molecule has 0 radical (unpaired) electrons. The Bertz CT molecular complexity index is 173. The van der Waals surface area contributed by atoms with Crippen molar-refractivity contribution >= 4 is 11.9 Å². The van der Waals surface area contributed by atoms with Crippen molar-refractivity contribution in [2.24, 2.45) is 17.4 Å². The molecule has 0 aliphatic rings. The fourth-order valence-corrected chi connectivity index (χ4v) is 1.03. The molecule has 0 heterocycles. The Kier molecular flexibility index (Phi) is 4.87. The number of rotatable bonds is 4. The third-order valence-corrected chi connectivity index (χ3v) is 1.74. The fourth-order valence-electron chi connectivity index (χ4n) is 1.03. The third-order valence-electron chi connectivity index (χ3n) is 1.74. The molecule has 0 aliphatic carbocycles. The highest BCUT2D eigenvalue weighted by atomic mass is 15.3. The van der Waals surface area contributed by atoms with Crippen LogP contribution in [0.5, 0.6) is 0 Å². The van der Waals surface area contributed by atoms with Crippen LogP contribution in [0.1, 0.15) is 26.7 Å². The second-order valence-electron chi connectivity index (χ2n) is 3.46. The highest BCUT2D eigenvalue weighted by molar-refractivity contribution is 5.94. The molecule has 0 bridgehead atoms. The Morgan fingerprint density at radius 1 is 1.23 bits per heavy atom. The van der Waals surface area contributed by atoms with Crippen molar-refractivity contribution in [3.63, 3.8) is 0 Å². The third kappa shape index (κ3) is 5.05. The van der Waals surface area contributed by atoms with Gasteiger partial charge >= 0.3 is 0 Å². The number of guanidine groups is 2. The minimum atomic E-state index is -0.156. The molecule has 0 aromatic heterocycles. The SMILES string of the molecule is CC(C)CCCN(C(=N)N)C(=N)N. The molecule has 0 aromatic carbocycles. The predicted octanol–water partition coefficient (Wildman–Crippen LogP) is 0.512. The van der Waals surface area contributed by atoms with E-state index in [4.69, 9.17) is 22.3 Å². The van der Waals surface area contributed by atoms with Crippen LogP contribution in [0.4, 0.5) is 0 Å². The van der Waals surface area contributed by atoms with Crippen molar-refractivity contribution in [1.82, 2.24) is 4.90 Å². The van der Waals surface area contributed by atoms with E-state index in [-0.39, 0.29) is 11.9 Å². The summed E-state index contributed by atoms with van der Waals surface area (Å²) in [7, 11) is 0. The lowest BCUT2D eigenvalue weighted by atomic mass is 10.1. The van der Waals surface area contributed by atoms with Crippen LogP contribution in [-0.4, -0.2) is 23.4 Å². The average Bonchev–Trinajstić information content (AvgIpc) is 1.95. The smallest absolute Gasteiger partial charge is 0.195 e. The molecule has 0 fully saturated rings. The Morgan fingerprint density at radius 2 is 1.69 bits per heavy atom. The van der Waals surface area contributed by atoms with Gasteiger partial charge in [0, 0.05) is 6.54 Å². The molecule has 76 valence electrons. The van der Waals surface area contributed by atoms with Crippen molar-refractivity contribution in [2.45, 2.75) is 26.7 Å². The summed E-state index contributed by atoms with van der Waals surface area (Å²) in [4.78, 5) is 1.29. The second kappa shape index (κ2) is 5.40. The summed E-state index contributed by atoms with van der Waals surface area (Å²) in [5.41, 5.74) is 10.5. The van der Waals surface area contributed by atoms with E-state index in [0.29, 0.717) is 12.5 Å². The summed E-state index contributed by atoms with van der Waals surface area (Å²) in [5, 5.41) is 14.3. The first-order valence-electron chi connectivity index (χ1n) is 4.40. The van der Waals surface area contributed by atoms with Gasteiger partial charge in [-0.1, -0.05) is 13.8 Å². The molecule has 0 saturated heterocycles. The summed E-state index contributed by atoms with van der Waals surface area (Å²) < 4.78 is 0. The van der Waals surface area contributed by atoms with Crippen LogP contribution >= 0.6 is 0 Å². The van der Waals surface area contributed by atoms with Crippen LogP contribution in [0.15, 0.2) is 0 Å². The molecule has 6 N–H and O–H groups in total. The monoisotopic (exact) mass is 185 g/mol. The lowest BCUT2D eigenvalue weighted by molar-refractivity contribution is 0.486. The van der Waals surface area contributed by atoms with Gasteiger partial charge in [-0.15, -0.1) is 0 Å². The maximum Gasteiger partial charge on any atom is 0.195 e. The Morgan fingerprint density at radius 3 is 2.00 bits per heavy atom.